The fourth-order valence-corrected chi connectivity index (χ4v) is 4.50. The average Bonchev–Trinajstić information content (AvgIpc) is 3.19. The highest BCUT2D eigenvalue weighted by Gasteiger charge is 2.39. The van der Waals surface area contributed by atoms with Gasteiger partial charge in [0.2, 0.25) is 5.91 Å². The number of halogens is 6. The number of amides is 2. The monoisotopic (exact) mass is 479 g/mol. The quantitative estimate of drug-likeness (QED) is 0.548. The Hall–Kier alpha value is -2.30. The Bertz CT molecular complexity index is 838. The van der Waals surface area contributed by atoms with Crippen molar-refractivity contribution in [3.8, 4) is 0 Å². The summed E-state index contributed by atoms with van der Waals surface area (Å²) in [6, 6.07) is 0.790. The van der Waals surface area contributed by atoms with Gasteiger partial charge in [-0.25, -0.2) is 0 Å². The lowest BCUT2D eigenvalue weighted by molar-refractivity contribution is -0.143. The maximum atomic E-state index is 13.0. The second-order valence-electron chi connectivity index (χ2n) is 9.06. The number of hydrogen-bond donors (Lipinski definition) is 3. The van der Waals surface area contributed by atoms with E-state index in [9.17, 15) is 35.9 Å². The van der Waals surface area contributed by atoms with Gasteiger partial charge < -0.3 is 16.4 Å². The van der Waals surface area contributed by atoms with Crippen LogP contribution in [0.25, 0.3) is 0 Å². The summed E-state index contributed by atoms with van der Waals surface area (Å²) in [6.07, 6.45) is -4.25. The molecule has 2 aliphatic rings. The Balaban J connectivity index is 1.54. The molecular formula is C22H27F6N3O2. The zero-order valence-corrected chi connectivity index (χ0v) is 17.9. The van der Waals surface area contributed by atoms with Crippen LogP contribution in [0.15, 0.2) is 18.2 Å². The second-order valence-corrected chi connectivity index (χ2v) is 9.06. The molecule has 3 rings (SSSR count). The molecule has 0 heterocycles. The lowest BCUT2D eigenvalue weighted by Crippen LogP contribution is -2.55. The Morgan fingerprint density at radius 1 is 0.909 bits per heavy atom. The highest BCUT2D eigenvalue weighted by Crippen LogP contribution is 2.36. The van der Waals surface area contributed by atoms with E-state index in [2.05, 4.69) is 10.6 Å². The molecule has 0 aliphatic heterocycles. The van der Waals surface area contributed by atoms with Crippen LogP contribution in [0.4, 0.5) is 26.3 Å². The topological polar surface area (TPSA) is 84.2 Å². The van der Waals surface area contributed by atoms with Crippen LogP contribution in [0.2, 0.25) is 0 Å². The molecule has 2 amide bonds. The van der Waals surface area contributed by atoms with Crippen molar-refractivity contribution >= 4 is 11.8 Å². The zero-order chi connectivity index (χ0) is 24.4. The summed E-state index contributed by atoms with van der Waals surface area (Å²) in [5.41, 5.74) is 1.59. The smallest absolute Gasteiger partial charge is 0.352 e. The molecule has 4 N–H and O–H groups in total. The summed E-state index contributed by atoms with van der Waals surface area (Å²) >= 11 is 0. The Morgan fingerprint density at radius 3 is 1.91 bits per heavy atom. The minimum Gasteiger partial charge on any atom is -0.352 e. The molecule has 0 spiro atoms. The average molecular weight is 479 g/mol. The predicted molar refractivity (Wildman–Crippen MR) is 108 cm³/mol. The van der Waals surface area contributed by atoms with E-state index in [-0.39, 0.29) is 30.5 Å². The van der Waals surface area contributed by atoms with Crippen molar-refractivity contribution in [3.05, 3.63) is 34.9 Å². The van der Waals surface area contributed by atoms with Crippen molar-refractivity contribution in [2.75, 3.05) is 6.54 Å². The van der Waals surface area contributed by atoms with Gasteiger partial charge in [0.15, 0.2) is 0 Å². The normalized spacial score (nSPS) is 23.2. The summed E-state index contributed by atoms with van der Waals surface area (Å²) in [7, 11) is 0. The van der Waals surface area contributed by atoms with Gasteiger partial charge in [0.05, 0.1) is 16.7 Å². The van der Waals surface area contributed by atoms with Crippen LogP contribution < -0.4 is 16.4 Å². The van der Waals surface area contributed by atoms with Gasteiger partial charge in [-0.1, -0.05) is 12.8 Å². The number of nitrogens with one attached hydrogen (secondary N) is 2. The molecule has 5 nitrogen and oxygen atoms in total. The largest absolute Gasteiger partial charge is 0.416 e. The molecule has 0 atom stereocenters. The van der Waals surface area contributed by atoms with Crippen molar-refractivity contribution < 1.29 is 35.9 Å². The third-order valence-electron chi connectivity index (χ3n) is 6.53. The van der Waals surface area contributed by atoms with Gasteiger partial charge in [0, 0.05) is 18.2 Å². The minimum atomic E-state index is -5.01. The molecule has 11 heteroatoms. The van der Waals surface area contributed by atoms with E-state index in [1.165, 1.54) is 0 Å². The van der Waals surface area contributed by atoms with E-state index < -0.39 is 40.5 Å². The number of carbonyl (C=O) groups is 2. The Kier molecular flexibility index (Phi) is 7.30. The van der Waals surface area contributed by atoms with Crippen LogP contribution in [-0.2, 0) is 17.1 Å². The van der Waals surface area contributed by atoms with Crippen LogP contribution >= 0.6 is 0 Å². The van der Waals surface area contributed by atoms with E-state index in [1.54, 1.807) is 0 Å². The first-order valence-electron chi connectivity index (χ1n) is 11.0. The van der Waals surface area contributed by atoms with E-state index >= 15 is 0 Å². The van der Waals surface area contributed by atoms with Gasteiger partial charge in [0.25, 0.3) is 5.91 Å². The molecule has 0 unspecified atom stereocenters. The van der Waals surface area contributed by atoms with Gasteiger partial charge in [0.1, 0.15) is 0 Å². The molecule has 2 fully saturated rings. The molecule has 0 aromatic heterocycles. The molecule has 184 valence electrons. The first kappa shape index (κ1) is 25.3. The summed E-state index contributed by atoms with van der Waals surface area (Å²) in [5.74, 6) is -1.14. The molecule has 0 saturated heterocycles. The lowest BCUT2D eigenvalue weighted by Gasteiger charge is -2.32. The maximum Gasteiger partial charge on any atom is 0.416 e. The zero-order valence-electron chi connectivity index (χ0n) is 17.9. The van der Waals surface area contributed by atoms with Gasteiger partial charge in [-0.3, -0.25) is 9.59 Å². The Labute approximate surface area is 187 Å². The van der Waals surface area contributed by atoms with E-state index in [0.717, 1.165) is 12.8 Å². The fourth-order valence-electron chi connectivity index (χ4n) is 4.50. The standard InChI is InChI=1S/C22H27F6N3O2/c23-21(24,25)15-9-14(10-16(11-15)22(26,27)28)18(32)30-12-13-3-5-17(6-4-13)31-19(33)20(29)7-1-2-8-20/h9-11,13,17H,1-8,12,29H2,(H,30,32)(H,31,33)/t13-,17+. The molecule has 1 aromatic rings. The first-order chi connectivity index (χ1) is 15.3. The highest BCUT2D eigenvalue weighted by molar-refractivity contribution is 5.94. The van der Waals surface area contributed by atoms with Crippen LogP contribution in [-0.4, -0.2) is 29.9 Å². The molecule has 0 bridgehead atoms. The molecule has 2 saturated carbocycles. The number of nitrogens with two attached hydrogens (primary N) is 1. The SMILES string of the molecule is NC1(C(=O)N[C@H]2CC[C@@H](CNC(=O)c3cc(C(F)(F)F)cc(C(F)(F)F)c3)CC2)CCCC1. The number of rotatable bonds is 5. The van der Waals surface area contributed by atoms with E-state index in [4.69, 9.17) is 5.73 Å². The number of carbonyl (C=O) groups excluding carboxylic acids is 2. The lowest BCUT2D eigenvalue weighted by atomic mass is 9.85. The van der Waals surface area contributed by atoms with Crippen molar-refractivity contribution in [3.63, 3.8) is 0 Å². The van der Waals surface area contributed by atoms with Crippen LogP contribution in [0, 0.1) is 5.92 Å². The van der Waals surface area contributed by atoms with Crippen molar-refractivity contribution in [2.24, 2.45) is 11.7 Å². The molecule has 2 aliphatic carbocycles. The molecule has 33 heavy (non-hydrogen) atoms. The van der Waals surface area contributed by atoms with Gasteiger partial charge in [-0.15, -0.1) is 0 Å². The number of hydrogen-bond acceptors (Lipinski definition) is 3. The van der Waals surface area contributed by atoms with E-state index in [1.807, 2.05) is 0 Å². The van der Waals surface area contributed by atoms with Gasteiger partial charge in [-0.05, 0) is 62.6 Å². The fraction of sp³-hybridized carbons (Fsp3) is 0.636. The van der Waals surface area contributed by atoms with Crippen LogP contribution in [0.5, 0.6) is 0 Å². The predicted octanol–water partition coefficient (Wildman–Crippen LogP) is 4.40. The van der Waals surface area contributed by atoms with Crippen molar-refractivity contribution in [1.29, 1.82) is 0 Å². The first-order valence-corrected chi connectivity index (χ1v) is 11.0. The molecular weight excluding hydrogens is 452 g/mol. The minimum absolute atomic E-state index is 0.00769. The van der Waals surface area contributed by atoms with E-state index in [0.29, 0.717) is 50.7 Å². The summed E-state index contributed by atoms with van der Waals surface area (Å²) < 4.78 is 77.9. The second kappa shape index (κ2) is 9.52. The van der Waals surface area contributed by atoms with Gasteiger partial charge >= 0.3 is 12.4 Å². The van der Waals surface area contributed by atoms with Crippen molar-refractivity contribution in [2.45, 2.75) is 75.3 Å². The van der Waals surface area contributed by atoms with Crippen LogP contribution in [0.1, 0.15) is 72.9 Å². The van der Waals surface area contributed by atoms with Gasteiger partial charge in [-0.2, -0.15) is 26.3 Å². The van der Waals surface area contributed by atoms with Crippen molar-refractivity contribution in [1.82, 2.24) is 10.6 Å². The summed E-state index contributed by atoms with van der Waals surface area (Å²) in [6.45, 7) is 0.123. The third-order valence-corrected chi connectivity index (χ3v) is 6.53. The number of alkyl halides is 6. The van der Waals surface area contributed by atoms with Crippen LogP contribution in [0.3, 0.4) is 0 Å². The summed E-state index contributed by atoms with van der Waals surface area (Å²) in [5, 5.41) is 5.44. The highest BCUT2D eigenvalue weighted by atomic mass is 19.4. The number of benzene rings is 1. The summed E-state index contributed by atoms with van der Waals surface area (Å²) in [4.78, 5) is 24.8. The third kappa shape index (κ3) is 6.39. The maximum absolute atomic E-state index is 13.0. The molecule has 0 radical (unpaired) electrons. The molecule has 1 aromatic carbocycles. The Morgan fingerprint density at radius 2 is 1.42 bits per heavy atom.